The SMILES string of the molecule is Cc1ccc(S(=O)(=O)NC2CCC2)cc1N. The van der Waals surface area contributed by atoms with Crippen LogP contribution >= 0.6 is 0 Å². The summed E-state index contributed by atoms with van der Waals surface area (Å²) in [6.07, 6.45) is 2.96. The van der Waals surface area contributed by atoms with E-state index in [1.807, 2.05) is 6.92 Å². The average molecular weight is 240 g/mol. The van der Waals surface area contributed by atoms with E-state index in [9.17, 15) is 8.42 Å². The van der Waals surface area contributed by atoms with Gasteiger partial charge in [0.2, 0.25) is 10.0 Å². The summed E-state index contributed by atoms with van der Waals surface area (Å²) in [4.78, 5) is 0.252. The maximum atomic E-state index is 11.9. The van der Waals surface area contributed by atoms with E-state index in [-0.39, 0.29) is 10.9 Å². The Balaban J connectivity index is 2.24. The molecule has 1 aliphatic rings. The summed E-state index contributed by atoms with van der Waals surface area (Å²) >= 11 is 0. The van der Waals surface area contributed by atoms with E-state index in [1.54, 1.807) is 12.1 Å². The van der Waals surface area contributed by atoms with Crippen LogP contribution in [0.2, 0.25) is 0 Å². The van der Waals surface area contributed by atoms with Crippen molar-refractivity contribution in [3.05, 3.63) is 23.8 Å². The smallest absolute Gasteiger partial charge is 0.240 e. The standard InChI is InChI=1S/C11H16N2O2S/c1-8-5-6-10(7-11(8)12)16(14,15)13-9-3-2-4-9/h5-7,9,13H,2-4,12H2,1H3. The zero-order valence-corrected chi connectivity index (χ0v) is 10.0. The molecule has 0 radical (unpaired) electrons. The third-order valence-corrected chi connectivity index (χ3v) is 4.51. The molecule has 1 aromatic rings. The summed E-state index contributed by atoms with van der Waals surface area (Å²) in [6, 6.07) is 4.93. The summed E-state index contributed by atoms with van der Waals surface area (Å²) in [5, 5.41) is 0. The largest absolute Gasteiger partial charge is 0.398 e. The van der Waals surface area contributed by atoms with E-state index in [0.29, 0.717) is 5.69 Å². The molecule has 0 aromatic heterocycles. The summed E-state index contributed by atoms with van der Waals surface area (Å²) in [6.45, 7) is 1.85. The molecule has 0 bridgehead atoms. The number of rotatable bonds is 3. The molecule has 2 rings (SSSR count). The molecule has 1 saturated carbocycles. The summed E-state index contributed by atoms with van der Waals surface area (Å²) in [7, 11) is -3.39. The monoisotopic (exact) mass is 240 g/mol. The van der Waals surface area contributed by atoms with Crippen LogP contribution in [0.5, 0.6) is 0 Å². The van der Waals surface area contributed by atoms with Crippen molar-refractivity contribution in [3.63, 3.8) is 0 Å². The molecule has 0 atom stereocenters. The van der Waals surface area contributed by atoms with Gasteiger partial charge in [0.1, 0.15) is 0 Å². The molecule has 0 heterocycles. The molecule has 5 heteroatoms. The minimum Gasteiger partial charge on any atom is -0.398 e. The van der Waals surface area contributed by atoms with Crippen LogP contribution in [0.1, 0.15) is 24.8 Å². The Labute approximate surface area is 95.9 Å². The molecule has 0 saturated heterocycles. The second kappa shape index (κ2) is 4.07. The molecular weight excluding hydrogens is 224 g/mol. The van der Waals surface area contributed by atoms with E-state index < -0.39 is 10.0 Å². The van der Waals surface area contributed by atoms with Crippen LogP contribution in [0.3, 0.4) is 0 Å². The number of benzene rings is 1. The topological polar surface area (TPSA) is 72.2 Å². The van der Waals surface area contributed by atoms with Gasteiger partial charge in [-0.2, -0.15) is 0 Å². The second-order valence-corrected chi connectivity index (χ2v) is 5.98. The van der Waals surface area contributed by atoms with E-state index >= 15 is 0 Å². The van der Waals surface area contributed by atoms with Gasteiger partial charge in [-0.15, -0.1) is 0 Å². The maximum absolute atomic E-state index is 11.9. The first-order valence-corrected chi connectivity index (χ1v) is 6.86. The Kier molecular flexibility index (Phi) is 2.90. The molecule has 0 unspecified atom stereocenters. The van der Waals surface area contributed by atoms with Gasteiger partial charge in [0.25, 0.3) is 0 Å². The first-order chi connectivity index (χ1) is 7.49. The highest BCUT2D eigenvalue weighted by Crippen LogP contribution is 2.22. The number of anilines is 1. The van der Waals surface area contributed by atoms with Crippen LogP contribution < -0.4 is 10.5 Å². The van der Waals surface area contributed by atoms with Gasteiger partial charge in [0.05, 0.1) is 4.90 Å². The highest BCUT2D eigenvalue weighted by molar-refractivity contribution is 7.89. The molecule has 0 amide bonds. The molecule has 0 aliphatic heterocycles. The van der Waals surface area contributed by atoms with Gasteiger partial charge in [0, 0.05) is 11.7 Å². The van der Waals surface area contributed by atoms with Crippen molar-refractivity contribution >= 4 is 15.7 Å². The number of hydrogen-bond donors (Lipinski definition) is 2. The fourth-order valence-electron chi connectivity index (χ4n) is 1.60. The minimum atomic E-state index is -3.39. The van der Waals surface area contributed by atoms with Gasteiger partial charge >= 0.3 is 0 Å². The third kappa shape index (κ3) is 2.20. The predicted molar refractivity (Wildman–Crippen MR) is 63.6 cm³/mol. The lowest BCUT2D eigenvalue weighted by atomic mass is 9.94. The Bertz CT molecular complexity index is 493. The first kappa shape index (κ1) is 11.4. The predicted octanol–water partition coefficient (Wildman–Crippen LogP) is 1.41. The van der Waals surface area contributed by atoms with E-state index in [1.165, 1.54) is 6.07 Å². The second-order valence-electron chi connectivity index (χ2n) is 4.27. The quantitative estimate of drug-likeness (QED) is 0.785. The van der Waals surface area contributed by atoms with Crippen molar-refractivity contribution in [2.45, 2.75) is 37.1 Å². The molecule has 88 valence electrons. The normalized spacial score (nSPS) is 17.1. The molecular formula is C11H16N2O2S. The van der Waals surface area contributed by atoms with Gasteiger partial charge < -0.3 is 5.73 Å². The third-order valence-electron chi connectivity index (χ3n) is 2.99. The number of nitrogens with one attached hydrogen (secondary N) is 1. The Hall–Kier alpha value is -1.07. The van der Waals surface area contributed by atoms with E-state index in [4.69, 9.17) is 5.73 Å². The number of hydrogen-bond acceptors (Lipinski definition) is 3. The van der Waals surface area contributed by atoms with Gasteiger partial charge in [-0.25, -0.2) is 13.1 Å². The lowest BCUT2D eigenvalue weighted by molar-refractivity contribution is 0.383. The first-order valence-electron chi connectivity index (χ1n) is 5.37. The van der Waals surface area contributed by atoms with Gasteiger partial charge in [0.15, 0.2) is 0 Å². The minimum absolute atomic E-state index is 0.104. The molecule has 1 aliphatic carbocycles. The summed E-state index contributed by atoms with van der Waals surface area (Å²) in [5.74, 6) is 0. The summed E-state index contributed by atoms with van der Waals surface area (Å²) < 4.78 is 26.5. The van der Waals surface area contributed by atoms with Crippen molar-refractivity contribution in [1.82, 2.24) is 4.72 Å². The van der Waals surface area contributed by atoms with Gasteiger partial charge in [-0.1, -0.05) is 12.5 Å². The lowest BCUT2D eigenvalue weighted by Gasteiger charge is -2.26. The van der Waals surface area contributed by atoms with Crippen molar-refractivity contribution in [1.29, 1.82) is 0 Å². The molecule has 1 fully saturated rings. The van der Waals surface area contributed by atoms with Crippen molar-refractivity contribution < 1.29 is 8.42 Å². The zero-order valence-electron chi connectivity index (χ0n) is 9.23. The summed E-state index contributed by atoms with van der Waals surface area (Å²) in [5.41, 5.74) is 7.10. The average Bonchev–Trinajstić information content (AvgIpc) is 2.16. The zero-order chi connectivity index (χ0) is 11.8. The lowest BCUT2D eigenvalue weighted by Crippen LogP contribution is -2.39. The van der Waals surface area contributed by atoms with Crippen LogP contribution in [0, 0.1) is 6.92 Å². The Morgan fingerprint density at radius 1 is 1.38 bits per heavy atom. The van der Waals surface area contributed by atoms with Crippen LogP contribution in [-0.4, -0.2) is 14.5 Å². The van der Waals surface area contributed by atoms with Crippen LogP contribution in [0.25, 0.3) is 0 Å². The molecule has 16 heavy (non-hydrogen) atoms. The van der Waals surface area contributed by atoms with E-state index in [0.717, 1.165) is 24.8 Å². The molecule has 3 N–H and O–H groups in total. The van der Waals surface area contributed by atoms with Crippen LogP contribution in [0.15, 0.2) is 23.1 Å². The maximum Gasteiger partial charge on any atom is 0.240 e. The highest BCUT2D eigenvalue weighted by atomic mass is 32.2. The van der Waals surface area contributed by atoms with Gasteiger partial charge in [-0.05, 0) is 37.5 Å². The highest BCUT2D eigenvalue weighted by Gasteiger charge is 2.24. The molecule has 0 spiro atoms. The van der Waals surface area contributed by atoms with Crippen LogP contribution in [0.4, 0.5) is 5.69 Å². The number of aryl methyl sites for hydroxylation is 1. The Morgan fingerprint density at radius 3 is 2.56 bits per heavy atom. The fraction of sp³-hybridized carbons (Fsp3) is 0.455. The number of nitrogen functional groups attached to an aromatic ring is 1. The van der Waals surface area contributed by atoms with E-state index in [2.05, 4.69) is 4.72 Å². The fourth-order valence-corrected chi connectivity index (χ4v) is 2.94. The molecule has 1 aromatic carbocycles. The molecule has 4 nitrogen and oxygen atoms in total. The number of nitrogens with two attached hydrogens (primary N) is 1. The Morgan fingerprint density at radius 2 is 2.06 bits per heavy atom. The van der Waals surface area contributed by atoms with Crippen molar-refractivity contribution in [2.24, 2.45) is 0 Å². The van der Waals surface area contributed by atoms with Crippen molar-refractivity contribution in [3.8, 4) is 0 Å². The van der Waals surface area contributed by atoms with Crippen LogP contribution in [-0.2, 0) is 10.0 Å². The number of sulfonamides is 1. The van der Waals surface area contributed by atoms with Gasteiger partial charge in [-0.3, -0.25) is 0 Å². The van der Waals surface area contributed by atoms with Crippen molar-refractivity contribution in [2.75, 3.05) is 5.73 Å².